The van der Waals surface area contributed by atoms with Crippen molar-refractivity contribution < 1.29 is 4.74 Å². The average molecular weight is 246 g/mol. The fourth-order valence-corrected chi connectivity index (χ4v) is 1.68. The molecule has 2 aromatic heterocycles. The molecule has 0 aliphatic carbocycles. The van der Waals surface area contributed by atoms with Crippen molar-refractivity contribution in [2.75, 3.05) is 20.3 Å². The van der Waals surface area contributed by atoms with Gasteiger partial charge in [0.15, 0.2) is 0 Å². The zero-order valence-corrected chi connectivity index (χ0v) is 10.5. The van der Waals surface area contributed by atoms with Crippen LogP contribution in [0.4, 0.5) is 0 Å². The van der Waals surface area contributed by atoms with Crippen LogP contribution in [-0.2, 0) is 17.8 Å². The highest BCUT2D eigenvalue weighted by Gasteiger charge is 1.99. The molecule has 0 radical (unpaired) electrons. The minimum absolute atomic E-state index is 0.707. The van der Waals surface area contributed by atoms with Gasteiger partial charge < -0.3 is 14.6 Å². The van der Waals surface area contributed by atoms with Gasteiger partial charge in [-0.05, 0) is 17.7 Å². The number of hydrogen-bond acceptors (Lipinski definition) is 4. The van der Waals surface area contributed by atoms with Gasteiger partial charge in [0.05, 0.1) is 13.2 Å². The van der Waals surface area contributed by atoms with E-state index < -0.39 is 0 Å². The second-order valence-corrected chi connectivity index (χ2v) is 4.03. The van der Waals surface area contributed by atoms with Gasteiger partial charge in [0.2, 0.25) is 0 Å². The molecule has 2 rings (SSSR count). The maximum atomic E-state index is 4.98. The Bertz CT molecular complexity index is 455. The number of ether oxygens (including phenoxy) is 1. The molecule has 0 amide bonds. The van der Waals surface area contributed by atoms with Gasteiger partial charge >= 0.3 is 0 Å². The van der Waals surface area contributed by atoms with Gasteiger partial charge in [-0.15, -0.1) is 0 Å². The highest BCUT2D eigenvalue weighted by atomic mass is 16.5. The molecule has 96 valence electrons. The molecule has 5 nitrogen and oxygen atoms in total. The third kappa shape index (κ3) is 3.94. The summed E-state index contributed by atoms with van der Waals surface area (Å²) in [6, 6.07) is 3.92. The molecule has 0 saturated carbocycles. The second kappa shape index (κ2) is 6.88. The van der Waals surface area contributed by atoms with Crippen LogP contribution in [0.15, 0.2) is 36.9 Å². The molecule has 18 heavy (non-hydrogen) atoms. The first-order chi connectivity index (χ1) is 8.88. The van der Waals surface area contributed by atoms with Crippen LogP contribution >= 0.6 is 0 Å². The zero-order valence-electron chi connectivity index (χ0n) is 10.5. The van der Waals surface area contributed by atoms with Crippen LogP contribution in [0.25, 0.3) is 0 Å². The molecule has 0 bridgehead atoms. The van der Waals surface area contributed by atoms with E-state index in [1.807, 2.05) is 12.3 Å². The molecule has 0 atom stereocenters. The van der Waals surface area contributed by atoms with Gasteiger partial charge in [0, 0.05) is 45.0 Å². The number of rotatable bonds is 7. The van der Waals surface area contributed by atoms with E-state index in [2.05, 4.69) is 32.1 Å². The average Bonchev–Trinajstić information content (AvgIpc) is 2.84. The van der Waals surface area contributed by atoms with Crippen molar-refractivity contribution >= 4 is 0 Å². The summed E-state index contributed by atoms with van der Waals surface area (Å²) in [7, 11) is 1.71. The van der Waals surface area contributed by atoms with Crippen LogP contribution in [0.5, 0.6) is 0 Å². The Labute approximate surface area is 107 Å². The Kier molecular flexibility index (Phi) is 4.87. The van der Waals surface area contributed by atoms with E-state index in [0.29, 0.717) is 6.54 Å². The Morgan fingerprint density at radius 1 is 1.33 bits per heavy atom. The summed E-state index contributed by atoms with van der Waals surface area (Å²) in [5, 5.41) is 3.31. The van der Waals surface area contributed by atoms with Crippen LogP contribution in [-0.4, -0.2) is 34.8 Å². The Morgan fingerprint density at radius 3 is 2.94 bits per heavy atom. The van der Waals surface area contributed by atoms with Crippen LogP contribution in [0.2, 0.25) is 0 Å². The van der Waals surface area contributed by atoms with Crippen LogP contribution in [0.1, 0.15) is 11.4 Å². The first-order valence-electron chi connectivity index (χ1n) is 5.98. The normalized spacial score (nSPS) is 10.7. The van der Waals surface area contributed by atoms with E-state index in [1.165, 1.54) is 5.56 Å². The third-order valence-electron chi connectivity index (χ3n) is 2.57. The third-order valence-corrected chi connectivity index (χ3v) is 2.57. The van der Waals surface area contributed by atoms with Gasteiger partial charge in [-0.3, -0.25) is 0 Å². The molecular formula is C13H18N4O. The van der Waals surface area contributed by atoms with E-state index in [4.69, 9.17) is 4.74 Å². The van der Waals surface area contributed by atoms with Crippen molar-refractivity contribution in [2.24, 2.45) is 0 Å². The van der Waals surface area contributed by atoms with Crippen LogP contribution < -0.4 is 5.32 Å². The fraction of sp³-hybridized carbons (Fsp3) is 0.385. The number of aromatic nitrogens is 3. The summed E-state index contributed by atoms with van der Waals surface area (Å²) in [5.41, 5.74) is 1.25. The maximum absolute atomic E-state index is 4.98. The summed E-state index contributed by atoms with van der Waals surface area (Å²) < 4.78 is 7.07. The van der Waals surface area contributed by atoms with Crippen molar-refractivity contribution in [3.63, 3.8) is 0 Å². The van der Waals surface area contributed by atoms with Crippen molar-refractivity contribution in [1.82, 2.24) is 19.9 Å². The standard InChI is InChI=1S/C13H18N4O/c1-18-8-6-14-9-12-3-7-17(10-12)11-13-15-4-2-5-16-13/h2-5,7,10,14H,6,8-9,11H2,1H3. The number of nitrogens with zero attached hydrogens (tertiary/aromatic N) is 3. The maximum Gasteiger partial charge on any atom is 0.147 e. The van der Waals surface area contributed by atoms with Crippen molar-refractivity contribution in [3.05, 3.63) is 48.3 Å². The van der Waals surface area contributed by atoms with E-state index in [0.717, 1.165) is 25.5 Å². The minimum atomic E-state index is 0.707. The largest absolute Gasteiger partial charge is 0.383 e. The molecule has 2 aromatic rings. The monoisotopic (exact) mass is 246 g/mol. The van der Waals surface area contributed by atoms with E-state index in [1.54, 1.807) is 19.5 Å². The van der Waals surface area contributed by atoms with Gasteiger partial charge in [0.25, 0.3) is 0 Å². The summed E-state index contributed by atoms with van der Waals surface area (Å²) >= 11 is 0. The number of methoxy groups -OCH3 is 1. The molecule has 0 fully saturated rings. The van der Waals surface area contributed by atoms with Crippen LogP contribution in [0.3, 0.4) is 0 Å². The smallest absolute Gasteiger partial charge is 0.147 e. The highest BCUT2D eigenvalue weighted by Crippen LogP contribution is 2.03. The van der Waals surface area contributed by atoms with Gasteiger partial charge in [-0.2, -0.15) is 0 Å². The Hall–Kier alpha value is -1.72. The molecule has 0 aliphatic rings. The lowest BCUT2D eigenvalue weighted by Crippen LogP contribution is -2.18. The predicted octanol–water partition coefficient (Wildman–Crippen LogP) is 1.06. The van der Waals surface area contributed by atoms with E-state index >= 15 is 0 Å². The van der Waals surface area contributed by atoms with Crippen molar-refractivity contribution in [2.45, 2.75) is 13.1 Å². The lowest BCUT2D eigenvalue weighted by Gasteiger charge is -2.02. The van der Waals surface area contributed by atoms with Crippen molar-refractivity contribution in [1.29, 1.82) is 0 Å². The van der Waals surface area contributed by atoms with Gasteiger partial charge in [-0.1, -0.05) is 0 Å². The SMILES string of the molecule is COCCNCc1ccn(Cc2ncccn2)c1. The van der Waals surface area contributed by atoms with Gasteiger partial charge in [-0.25, -0.2) is 9.97 Å². The Balaban J connectivity index is 1.83. The molecule has 2 heterocycles. The van der Waals surface area contributed by atoms with E-state index in [-0.39, 0.29) is 0 Å². The topological polar surface area (TPSA) is 52.0 Å². The lowest BCUT2D eigenvalue weighted by molar-refractivity contribution is 0.199. The summed E-state index contributed by atoms with van der Waals surface area (Å²) in [4.78, 5) is 8.41. The van der Waals surface area contributed by atoms with Crippen LogP contribution in [0, 0.1) is 0 Å². The summed E-state index contributed by atoms with van der Waals surface area (Å²) in [6.07, 6.45) is 7.68. The molecule has 0 unspecified atom stereocenters. The molecule has 0 saturated heterocycles. The van der Waals surface area contributed by atoms with Crippen molar-refractivity contribution in [3.8, 4) is 0 Å². The molecule has 1 N–H and O–H groups in total. The van der Waals surface area contributed by atoms with Gasteiger partial charge in [0.1, 0.15) is 5.82 Å². The molecule has 5 heteroatoms. The highest BCUT2D eigenvalue weighted by molar-refractivity contribution is 5.10. The first kappa shape index (κ1) is 12.7. The summed E-state index contributed by atoms with van der Waals surface area (Å²) in [6.45, 7) is 3.16. The minimum Gasteiger partial charge on any atom is -0.383 e. The predicted molar refractivity (Wildman–Crippen MR) is 69.1 cm³/mol. The van der Waals surface area contributed by atoms with E-state index in [9.17, 15) is 0 Å². The second-order valence-electron chi connectivity index (χ2n) is 4.03. The molecular weight excluding hydrogens is 228 g/mol. The Morgan fingerprint density at radius 2 is 2.17 bits per heavy atom. The molecule has 0 spiro atoms. The lowest BCUT2D eigenvalue weighted by atomic mass is 10.3. The zero-order chi connectivity index (χ0) is 12.6. The molecule has 0 aliphatic heterocycles. The first-order valence-corrected chi connectivity index (χ1v) is 5.98. The molecule has 0 aromatic carbocycles. The number of hydrogen-bond donors (Lipinski definition) is 1. The quantitative estimate of drug-likeness (QED) is 0.742. The summed E-state index contributed by atoms with van der Waals surface area (Å²) in [5.74, 6) is 0.826. The number of nitrogens with one attached hydrogen (secondary N) is 1. The fourth-order valence-electron chi connectivity index (χ4n) is 1.68.